The molecule has 156 valence electrons. The summed E-state index contributed by atoms with van der Waals surface area (Å²) in [7, 11) is 0. The van der Waals surface area contributed by atoms with Crippen molar-refractivity contribution in [3.05, 3.63) is 47.0 Å². The second-order valence-electron chi connectivity index (χ2n) is 7.81. The van der Waals surface area contributed by atoms with Gasteiger partial charge in [0.25, 0.3) is 0 Å². The van der Waals surface area contributed by atoms with Crippen LogP contribution < -0.4 is 10.6 Å². The fraction of sp³-hybridized carbons (Fsp3) is 0.571. The van der Waals surface area contributed by atoms with E-state index in [1.165, 1.54) is 5.56 Å². The van der Waals surface area contributed by atoms with Gasteiger partial charge in [0, 0.05) is 42.7 Å². The number of rotatable bonds is 5. The number of nitrogens with zero attached hydrogens (tertiary/aromatic N) is 4. The van der Waals surface area contributed by atoms with E-state index < -0.39 is 0 Å². The lowest BCUT2D eigenvalue weighted by Gasteiger charge is -2.37. The van der Waals surface area contributed by atoms with Gasteiger partial charge in [-0.3, -0.25) is 4.99 Å². The van der Waals surface area contributed by atoms with Gasteiger partial charge < -0.3 is 15.4 Å². The van der Waals surface area contributed by atoms with Gasteiger partial charge in [0.2, 0.25) is 0 Å². The average molecular weight is 417 g/mol. The molecule has 2 aliphatic rings. The minimum Gasteiger partial charge on any atom is -0.381 e. The van der Waals surface area contributed by atoms with Crippen molar-refractivity contribution in [2.45, 2.75) is 50.6 Å². The maximum atomic E-state index is 6.58. The van der Waals surface area contributed by atoms with Crippen LogP contribution in [0.25, 0.3) is 0 Å². The molecule has 8 heteroatoms. The van der Waals surface area contributed by atoms with Crippen molar-refractivity contribution in [2.24, 2.45) is 4.99 Å². The Morgan fingerprint density at radius 2 is 2.17 bits per heavy atom. The number of benzene rings is 1. The summed E-state index contributed by atoms with van der Waals surface area (Å²) >= 11 is 6.58. The van der Waals surface area contributed by atoms with Gasteiger partial charge >= 0.3 is 0 Å². The summed E-state index contributed by atoms with van der Waals surface area (Å²) in [6.45, 7) is 5.87. The maximum Gasteiger partial charge on any atom is 0.191 e. The molecule has 2 N–H and O–H groups in total. The second-order valence-corrected chi connectivity index (χ2v) is 8.21. The molecule has 0 aliphatic carbocycles. The zero-order valence-electron chi connectivity index (χ0n) is 16.9. The Bertz CT molecular complexity index is 845. The van der Waals surface area contributed by atoms with E-state index in [1.54, 1.807) is 6.33 Å². The number of aliphatic imine (C=N–C) groups is 1. The number of hydrogen-bond donors (Lipinski definition) is 2. The third-order valence-electron chi connectivity index (χ3n) is 5.93. The van der Waals surface area contributed by atoms with Crippen LogP contribution in [0.4, 0.5) is 0 Å². The SMILES string of the molecule is CCNC(=NCC1(c2ccccc2Cl)CCOCC1)NC1CCc2ncnn2C1. The topological polar surface area (TPSA) is 76.4 Å². The number of aromatic nitrogens is 3. The summed E-state index contributed by atoms with van der Waals surface area (Å²) in [5.41, 5.74) is 1.08. The van der Waals surface area contributed by atoms with E-state index in [9.17, 15) is 0 Å². The fourth-order valence-electron chi connectivity index (χ4n) is 4.27. The Morgan fingerprint density at radius 1 is 1.34 bits per heavy atom. The first-order chi connectivity index (χ1) is 14.2. The van der Waals surface area contributed by atoms with E-state index in [0.717, 1.165) is 68.8 Å². The number of ether oxygens (including phenoxy) is 1. The van der Waals surface area contributed by atoms with Crippen LogP contribution in [0.2, 0.25) is 5.02 Å². The normalized spacial score (nSPS) is 21.4. The monoisotopic (exact) mass is 416 g/mol. The van der Waals surface area contributed by atoms with Gasteiger partial charge in [-0.15, -0.1) is 0 Å². The highest BCUT2D eigenvalue weighted by Gasteiger charge is 2.36. The van der Waals surface area contributed by atoms with E-state index in [1.807, 2.05) is 16.8 Å². The molecule has 0 radical (unpaired) electrons. The van der Waals surface area contributed by atoms with Crippen molar-refractivity contribution in [3.8, 4) is 0 Å². The lowest BCUT2D eigenvalue weighted by atomic mass is 9.74. The Kier molecular flexibility index (Phi) is 6.35. The van der Waals surface area contributed by atoms with Gasteiger partial charge in [-0.1, -0.05) is 29.8 Å². The van der Waals surface area contributed by atoms with E-state index in [0.29, 0.717) is 6.54 Å². The lowest BCUT2D eigenvalue weighted by molar-refractivity contribution is 0.0531. The van der Waals surface area contributed by atoms with Crippen LogP contribution in [0.3, 0.4) is 0 Å². The predicted molar refractivity (Wildman–Crippen MR) is 114 cm³/mol. The van der Waals surface area contributed by atoms with E-state index in [2.05, 4.69) is 39.8 Å². The number of halogens is 1. The van der Waals surface area contributed by atoms with Crippen molar-refractivity contribution in [3.63, 3.8) is 0 Å². The summed E-state index contributed by atoms with van der Waals surface area (Å²) in [6.07, 6.45) is 5.43. The molecule has 29 heavy (non-hydrogen) atoms. The molecule has 0 amide bonds. The molecule has 2 aromatic rings. The van der Waals surface area contributed by atoms with Crippen LogP contribution >= 0.6 is 11.6 Å². The Balaban J connectivity index is 1.52. The van der Waals surface area contributed by atoms with Crippen LogP contribution in [-0.4, -0.2) is 53.1 Å². The van der Waals surface area contributed by atoms with Crippen LogP contribution in [0.5, 0.6) is 0 Å². The number of fused-ring (bicyclic) bond motifs is 1. The highest BCUT2D eigenvalue weighted by Crippen LogP contribution is 2.38. The van der Waals surface area contributed by atoms with Crippen molar-refractivity contribution >= 4 is 17.6 Å². The van der Waals surface area contributed by atoms with Gasteiger partial charge in [0.05, 0.1) is 13.1 Å². The number of nitrogens with one attached hydrogen (secondary N) is 2. The quantitative estimate of drug-likeness (QED) is 0.578. The third-order valence-corrected chi connectivity index (χ3v) is 6.26. The molecular weight excluding hydrogens is 388 g/mol. The molecule has 0 spiro atoms. The van der Waals surface area contributed by atoms with Gasteiger partial charge in [0.15, 0.2) is 5.96 Å². The van der Waals surface area contributed by atoms with E-state index >= 15 is 0 Å². The summed E-state index contributed by atoms with van der Waals surface area (Å²) in [5, 5.41) is 12.1. The third kappa shape index (κ3) is 4.56. The highest BCUT2D eigenvalue weighted by atomic mass is 35.5. The number of hydrogen-bond acceptors (Lipinski definition) is 4. The molecule has 1 atom stereocenters. The van der Waals surface area contributed by atoms with Crippen molar-refractivity contribution < 1.29 is 4.74 Å². The lowest BCUT2D eigenvalue weighted by Crippen LogP contribution is -2.48. The van der Waals surface area contributed by atoms with E-state index in [4.69, 9.17) is 21.3 Å². The number of guanidine groups is 1. The summed E-state index contributed by atoms with van der Waals surface area (Å²) in [6, 6.07) is 8.43. The molecule has 1 saturated heterocycles. The Labute approximate surface area is 176 Å². The molecule has 1 aromatic heterocycles. The molecule has 4 rings (SSSR count). The first-order valence-corrected chi connectivity index (χ1v) is 10.8. The minimum atomic E-state index is -0.0927. The van der Waals surface area contributed by atoms with Crippen molar-refractivity contribution in [1.82, 2.24) is 25.4 Å². The largest absolute Gasteiger partial charge is 0.381 e. The summed E-state index contributed by atoms with van der Waals surface area (Å²) in [5.74, 6) is 1.91. The molecule has 2 aliphatic heterocycles. The van der Waals surface area contributed by atoms with Crippen LogP contribution in [0, 0.1) is 0 Å². The average Bonchev–Trinajstić information content (AvgIpc) is 3.21. The van der Waals surface area contributed by atoms with Crippen LogP contribution in [0.15, 0.2) is 35.6 Å². The molecule has 1 aromatic carbocycles. The molecular formula is C21H29ClN6O. The van der Waals surface area contributed by atoms with Gasteiger partial charge in [-0.2, -0.15) is 5.10 Å². The maximum absolute atomic E-state index is 6.58. The van der Waals surface area contributed by atoms with Crippen LogP contribution in [0.1, 0.15) is 37.6 Å². The minimum absolute atomic E-state index is 0.0927. The molecule has 1 unspecified atom stereocenters. The van der Waals surface area contributed by atoms with Crippen LogP contribution in [-0.2, 0) is 23.1 Å². The molecule has 3 heterocycles. The summed E-state index contributed by atoms with van der Waals surface area (Å²) in [4.78, 5) is 9.31. The Hall–Kier alpha value is -2.12. The second kappa shape index (κ2) is 9.13. The fourth-order valence-corrected chi connectivity index (χ4v) is 4.60. The highest BCUT2D eigenvalue weighted by molar-refractivity contribution is 6.31. The zero-order valence-corrected chi connectivity index (χ0v) is 17.7. The molecule has 7 nitrogen and oxygen atoms in total. The van der Waals surface area contributed by atoms with Crippen molar-refractivity contribution in [1.29, 1.82) is 0 Å². The standard InChI is InChI=1S/C21H29ClN6O/c1-2-23-20(27-16-7-8-19-25-15-26-28(19)13-16)24-14-21(9-11-29-12-10-21)17-5-3-4-6-18(17)22/h3-6,15-16H,2,7-14H2,1H3,(H2,23,24,27). The number of aryl methyl sites for hydroxylation is 1. The van der Waals surface area contributed by atoms with E-state index in [-0.39, 0.29) is 11.5 Å². The first kappa shape index (κ1) is 20.2. The smallest absolute Gasteiger partial charge is 0.191 e. The summed E-state index contributed by atoms with van der Waals surface area (Å²) < 4.78 is 7.63. The first-order valence-electron chi connectivity index (χ1n) is 10.4. The predicted octanol–water partition coefficient (Wildman–Crippen LogP) is 2.55. The Morgan fingerprint density at radius 3 is 2.97 bits per heavy atom. The van der Waals surface area contributed by atoms with Gasteiger partial charge in [0.1, 0.15) is 12.2 Å². The van der Waals surface area contributed by atoms with Crippen molar-refractivity contribution in [2.75, 3.05) is 26.3 Å². The molecule has 0 bridgehead atoms. The van der Waals surface area contributed by atoms with Gasteiger partial charge in [-0.25, -0.2) is 9.67 Å². The molecule has 1 fully saturated rings. The van der Waals surface area contributed by atoms with Gasteiger partial charge in [-0.05, 0) is 37.8 Å². The molecule has 0 saturated carbocycles. The zero-order chi connectivity index (χ0) is 20.1.